The first-order valence-corrected chi connectivity index (χ1v) is 7.42. The lowest BCUT2D eigenvalue weighted by Gasteiger charge is -2.26. The van der Waals surface area contributed by atoms with Crippen molar-refractivity contribution in [2.24, 2.45) is 5.92 Å². The fourth-order valence-corrected chi connectivity index (χ4v) is 2.60. The number of hydrogen-bond acceptors (Lipinski definition) is 5. The first-order chi connectivity index (χ1) is 11.0. The van der Waals surface area contributed by atoms with Gasteiger partial charge >= 0.3 is 11.9 Å². The maximum atomic E-state index is 13.4. The highest BCUT2D eigenvalue weighted by atomic mass is 19.1. The van der Waals surface area contributed by atoms with Gasteiger partial charge in [0, 0.05) is 12.6 Å². The molecular formula is C17H20FNO4. The summed E-state index contributed by atoms with van der Waals surface area (Å²) in [5.74, 6) is -1.27. The normalized spacial score (nSPS) is 21.2. The van der Waals surface area contributed by atoms with Gasteiger partial charge in [-0.2, -0.15) is 0 Å². The Bertz CT molecular complexity index is 607. The molecular weight excluding hydrogens is 301 g/mol. The van der Waals surface area contributed by atoms with E-state index in [1.54, 1.807) is 6.08 Å². The third-order valence-electron chi connectivity index (χ3n) is 3.91. The van der Waals surface area contributed by atoms with Gasteiger partial charge in [-0.15, -0.1) is 0 Å². The molecule has 1 N–H and O–H groups in total. The Kier molecular flexibility index (Phi) is 5.87. The summed E-state index contributed by atoms with van der Waals surface area (Å²) in [7, 11) is 2.67. The quantitative estimate of drug-likeness (QED) is 0.861. The number of methoxy groups -OCH3 is 2. The van der Waals surface area contributed by atoms with Crippen molar-refractivity contribution in [3.63, 3.8) is 0 Å². The van der Waals surface area contributed by atoms with Gasteiger partial charge in [0.25, 0.3) is 0 Å². The van der Waals surface area contributed by atoms with Crippen LogP contribution in [0.1, 0.15) is 28.8 Å². The second kappa shape index (κ2) is 7.87. The number of piperidine rings is 1. The van der Waals surface area contributed by atoms with E-state index in [1.165, 1.54) is 32.4 Å². The smallest absolute Gasteiger partial charge is 0.338 e. The summed E-state index contributed by atoms with van der Waals surface area (Å²) in [6.07, 6.45) is 5.06. The maximum absolute atomic E-state index is 13.4. The van der Waals surface area contributed by atoms with E-state index in [9.17, 15) is 14.0 Å². The predicted molar refractivity (Wildman–Crippen MR) is 83.3 cm³/mol. The van der Waals surface area contributed by atoms with Gasteiger partial charge in [-0.25, -0.2) is 9.18 Å². The summed E-state index contributed by atoms with van der Waals surface area (Å²) < 4.78 is 22.8. The fraction of sp³-hybridized carbons (Fsp3) is 0.412. The van der Waals surface area contributed by atoms with E-state index in [0.29, 0.717) is 17.7 Å². The minimum absolute atomic E-state index is 0.0599. The number of hydrogen-bond donors (Lipinski definition) is 1. The lowest BCUT2D eigenvalue weighted by atomic mass is 9.94. The van der Waals surface area contributed by atoms with Crippen LogP contribution in [0.2, 0.25) is 0 Å². The molecule has 6 heteroatoms. The van der Waals surface area contributed by atoms with Gasteiger partial charge < -0.3 is 14.8 Å². The standard InChI is InChI=1S/C17H20FNO4/c1-22-16(20)12-4-7-14(19-10-12)6-3-11-9-13(18)5-8-15(11)17(21)23-2/h3,5-6,8-9,12,14,19H,4,7,10H2,1-2H3/b6-3-. The zero-order valence-corrected chi connectivity index (χ0v) is 13.2. The second-order valence-corrected chi connectivity index (χ2v) is 5.39. The molecule has 0 aliphatic carbocycles. The number of carbonyl (C=O) groups is 2. The van der Waals surface area contributed by atoms with E-state index in [-0.39, 0.29) is 17.9 Å². The van der Waals surface area contributed by atoms with Crippen LogP contribution in [-0.2, 0) is 14.3 Å². The predicted octanol–water partition coefficient (Wildman–Crippen LogP) is 2.17. The second-order valence-electron chi connectivity index (χ2n) is 5.39. The molecule has 1 saturated heterocycles. The molecule has 1 aliphatic rings. The van der Waals surface area contributed by atoms with Gasteiger partial charge in [-0.05, 0) is 36.6 Å². The van der Waals surface area contributed by atoms with Crippen molar-refractivity contribution in [1.82, 2.24) is 5.32 Å². The molecule has 1 heterocycles. The molecule has 1 aromatic carbocycles. The number of nitrogens with one attached hydrogen (secondary N) is 1. The molecule has 1 fully saturated rings. The molecule has 2 unspecified atom stereocenters. The monoisotopic (exact) mass is 321 g/mol. The SMILES string of the molecule is COC(=O)c1ccc(F)cc1/C=C\C1CCC(C(=O)OC)CN1. The molecule has 1 aromatic rings. The van der Waals surface area contributed by atoms with E-state index < -0.39 is 11.8 Å². The third-order valence-corrected chi connectivity index (χ3v) is 3.91. The summed E-state index contributed by atoms with van der Waals surface area (Å²) in [5, 5.41) is 3.23. The molecule has 1 aliphatic heterocycles. The molecule has 23 heavy (non-hydrogen) atoms. The summed E-state index contributed by atoms with van der Waals surface area (Å²) in [6.45, 7) is 0.536. The molecule has 0 saturated carbocycles. The first kappa shape index (κ1) is 17.1. The van der Waals surface area contributed by atoms with Crippen molar-refractivity contribution in [2.45, 2.75) is 18.9 Å². The highest BCUT2D eigenvalue weighted by Gasteiger charge is 2.25. The van der Waals surface area contributed by atoms with Crippen LogP contribution in [0.4, 0.5) is 4.39 Å². The van der Waals surface area contributed by atoms with E-state index >= 15 is 0 Å². The van der Waals surface area contributed by atoms with Gasteiger partial charge in [0.1, 0.15) is 5.82 Å². The van der Waals surface area contributed by atoms with Crippen LogP contribution >= 0.6 is 0 Å². The molecule has 0 spiro atoms. The maximum Gasteiger partial charge on any atom is 0.338 e. The molecule has 2 atom stereocenters. The van der Waals surface area contributed by atoms with Gasteiger partial charge in [0.2, 0.25) is 0 Å². The average Bonchev–Trinajstić information content (AvgIpc) is 2.59. The van der Waals surface area contributed by atoms with Crippen molar-refractivity contribution in [2.75, 3.05) is 20.8 Å². The molecule has 124 valence electrons. The zero-order chi connectivity index (χ0) is 16.8. The molecule has 0 amide bonds. The summed E-state index contributed by atoms with van der Waals surface area (Å²) in [6, 6.07) is 3.99. The van der Waals surface area contributed by atoms with Crippen LogP contribution in [0.25, 0.3) is 6.08 Å². The van der Waals surface area contributed by atoms with E-state index in [0.717, 1.165) is 12.8 Å². The Hall–Kier alpha value is -2.21. The Balaban J connectivity index is 2.05. The van der Waals surface area contributed by atoms with Crippen molar-refractivity contribution < 1.29 is 23.5 Å². The van der Waals surface area contributed by atoms with Crippen LogP contribution in [0.15, 0.2) is 24.3 Å². The van der Waals surface area contributed by atoms with E-state index in [2.05, 4.69) is 5.32 Å². The van der Waals surface area contributed by atoms with E-state index in [4.69, 9.17) is 9.47 Å². The Morgan fingerprint density at radius 3 is 2.65 bits per heavy atom. The number of carbonyl (C=O) groups excluding carboxylic acids is 2. The van der Waals surface area contributed by atoms with Crippen LogP contribution in [-0.4, -0.2) is 38.7 Å². The van der Waals surface area contributed by atoms with Gasteiger partial charge in [-0.3, -0.25) is 4.79 Å². The summed E-state index contributed by atoms with van der Waals surface area (Å²) in [4.78, 5) is 23.2. The number of rotatable bonds is 4. The van der Waals surface area contributed by atoms with Crippen molar-refractivity contribution in [3.05, 3.63) is 41.2 Å². The summed E-state index contributed by atoms with van der Waals surface area (Å²) >= 11 is 0. The Morgan fingerprint density at radius 2 is 2.04 bits per heavy atom. The highest BCUT2D eigenvalue weighted by Crippen LogP contribution is 2.19. The molecule has 2 rings (SSSR count). The first-order valence-electron chi connectivity index (χ1n) is 7.42. The number of halogens is 1. The van der Waals surface area contributed by atoms with Crippen molar-refractivity contribution in [1.29, 1.82) is 0 Å². The number of ether oxygens (including phenoxy) is 2. The molecule has 0 bridgehead atoms. The number of benzene rings is 1. The molecule has 0 aromatic heterocycles. The van der Waals surface area contributed by atoms with Crippen LogP contribution in [0, 0.1) is 11.7 Å². The highest BCUT2D eigenvalue weighted by molar-refractivity contribution is 5.93. The molecule has 0 radical (unpaired) electrons. The van der Waals surface area contributed by atoms with Crippen LogP contribution < -0.4 is 5.32 Å². The van der Waals surface area contributed by atoms with Gasteiger partial charge in [-0.1, -0.05) is 12.2 Å². The zero-order valence-electron chi connectivity index (χ0n) is 13.2. The van der Waals surface area contributed by atoms with E-state index in [1.807, 2.05) is 6.08 Å². The largest absolute Gasteiger partial charge is 0.469 e. The van der Waals surface area contributed by atoms with Crippen molar-refractivity contribution >= 4 is 18.0 Å². The summed E-state index contributed by atoms with van der Waals surface area (Å²) in [5.41, 5.74) is 0.780. The fourth-order valence-electron chi connectivity index (χ4n) is 2.60. The van der Waals surface area contributed by atoms with Crippen molar-refractivity contribution in [3.8, 4) is 0 Å². The van der Waals surface area contributed by atoms with Crippen LogP contribution in [0.3, 0.4) is 0 Å². The Morgan fingerprint density at radius 1 is 1.26 bits per heavy atom. The minimum Gasteiger partial charge on any atom is -0.469 e. The Labute approximate surface area is 134 Å². The lowest BCUT2D eigenvalue weighted by Crippen LogP contribution is -2.40. The number of esters is 2. The molecule has 5 nitrogen and oxygen atoms in total. The third kappa shape index (κ3) is 4.39. The topological polar surface area (TPSA) is 64.6 Å². The average molecular weight is 321 g/mol. The minimum atomic E-state index is -0.507. The van der Waals surface area contributed by atoms with Crippen LogP contribution in [0.5, 0.6) is 0 Å². The van der Waals surface area contributed by atoms with Gasteiger partial charge in [0.15, 0.2) is 0 Å². The van der Waals surface area contributed by atoms with Gasteiger partial charge in [0.05, 0.1) is 25.7 Å². The lowest BCUT2D eigenvalue weighted by molar-refractivity contribution is -0.146.